The van der Waals surface area contributed by atoms with E-state index in [2.05, 4.69) is 0 Å². The van der Waals surface area contributed by atoms with Crippen LogP contribution in [0, 0.1) is 0 Å². The predicted molar refractivity (Wildman–Crippen MR) is 69.3 cm³/mol. The fourth-order valence-electron chi connectivity index (χ4n) is 1.65. The number of aliphatic carboxylic acids is 1. The summed E-state index contributed by atoms with van der Waals surface area (Å²) in [6.07, 6.45) is 0.103. The largest absolute Gasteiger partial charge is 0.493 e. The molecule has 98 valence electrons. The zero-order valence-corrected chi connectivity index (χ0v) is 10.8. The first kappa shape index (κ1) is 13.0. The lowest BCUT2D eigenvalue weighted by Crippen LogP contribution is -2.32. The summed E-state index contributed by atoms with van der Waals surface area (Å²) < 4.78 is 11.0. The molecule has 1 fully saturated rings. The number of rotatable bonds is 5. The average molecular weight is 269 g/mol. The van der Waals surface area contributed by atoms with Crippen LogP contribution in [0.3, 0.4) is 0 Å². The highest BCUT2D eigenvalue weighted by atomic mass is 32.2. The average Bonchev–Trinajstić information content (AvgIpc) is 2.32. The summed E-state index contributed by atoms with van der Waals surface area (Å²) in [5.74, 6) is 1.68. The number of para-hydroxylation sites is 1. The summed E-state index contributed by atoms with van der Waals surface area (Å²) in [7, 11) is 1.52. The van der Waals surface area contributed by atoms with Crippen molar-refractivity contribution in [3.63, 3.8) is 0 Å². The van der Waals surface area contributed by atoms with Crippen LogP contribution in [0.4, 0.5) is 0 Å². The number of carboxylic acids is 1. The molecule has 0 spiro atoms. The van der Waals surface area contributed by atoms with Crippen LogP contribution >= 0.6 is 11.8 Å². The second-order valence-electron chi connectivity index (χ2n) is 3.97. The SMILES string of the molecule is COc1cccc(C(N)C(=O)O)c1OC1CSC1. The van der Waals surface area contributed by atoms with Crippen molar-refractivity contribution < 1.29 is 19.4 Å². The standard InChI is InChI=1S/C12H15NO4S/c1-16-9-4-2-3-8(10(13)12(14)15)11(9)17-7-5-18-6-7/h2-4,7,10H,5-6,13H2,1H3,(H,14,15). The van der Waals surface area contributed by atoms with Gasteiger partial charge in [-0.25, -0.2) is 0 Å². The summed E-state index contributed by atoms with van der Waals surface area (Å²) in [5.41, 5.74) is 6.10. The molecule has 1 aliphatic rings. The van der Waals surface area contributed by atoms with Gasteiger partial charge < -0.3 is 20.3 Å². The van der Waals surface area contributed by atoms with Gasteiger partial charge >= 0.3 is 5.97 Å². The maximum atomic E-state index is 11.0. The molecule has 0 radical (unpaired) electrons. The third-order valence-electron chi connectivity index (χ3n) is 2.72. The summed E-state index contributed by atoms with van der Waals surface area (Å²) >= 11 is 1.79. The van der Waals surface area contributed by atoms with Crippen LogP contribution < -0.4 is 15.2 Å². The van der Waals surface area contributed by atoms with E-state index in [4.69, 9.17) is 20.3 Å². The van der Waals surface area contributed by atoms with Gasteiger partial charge in [-0.15, -0.1) is 0 Å². The molecule has 6 heteroatoms. The predicted octanol–water partition coefficient (Wildman–Crippen LogP) is 1.27. The van der Waals surface area contributed by atoms with E-state index in [1.54, 1.807) is 30.0 Å². The quantitative estimate of drug-likeness (QED) is 0.838. The van der Waals surface area contributed by atoms with Crippen LogP contribution in [0.1, 0.15) is 11.6 Å². The van der Waals surface area contributed by atoms with Crippen LogP contribution in [0.25, 0.3) is 0 Å². The Bertz CT molecular complexity index is 448. The Morgan fingerprint density at radius 1 is 1.56 bits per heavy atom. The number of ether oxygens (including phenoxy) is 2. The van der Waals surface area contributed by atoms with Gasteiger partial charge in [-0.1, -0.05) is 12.1 Å². The normalized spacial score (nSPS) is 16.8. The molecule has 1 aromatic carbocycles. The number of hydrogen-bond acceptors (Lipinski definition) is 5. The van der Waals surface area contributed by atoms with E-state index in [9.17, 15) is 4.79 Å². The van der Waals surface area contributed by atoms with E-state index in [0.29, 0.717) is 17.1 Å². The molecule has 1 aliphatic heterocycles. The van der Waals surface area contributed by atoms with E-state index in [1.807, 2.05) is 0 Å². The van der Waals surface area contributed by atoms with Crippen LogP contribution in [0.15, 0.2) is 18.2 Å². The topological polar surface area (TPSA) is 81.8 Å². The Morgan fingerprint density at radius 2 is 2.28 bits per heavy atom. The van der Waals surface area contributed by atoms with Crippen LogP contribution in [-0.4, -0.2) is 35.8 Å². The number of benzene rings is 1. The lowest BCUT2D eigenvalue weighted by molar-refractivity contribution is -0.138. The van der Waals surface area contributed by atoms with Gasteiger partial charge in [0.15, 0.2) is 11.5 Å². The number of nitrogens with two attached hydrogens (primary N) is 1. The molecule has 0 aromatic heterocycles. The molecule has 0 saturated carbocycles. The first-order valence-corrected chi connectivity index (χ1v) is 6.68. The highest BCUT2D eigenvalue weighted by Crippen LogP contribution is 2.37. The second kappa shape index (κ2) is 5.49. The van der Waals surface area contributed by atoms with Crippen molar-refractivity contribution in [1.82, 2.24) is 0 Å². The smallest absolute Gasteiger partial charge is 0.325 e. The van der Waals surface area contributed by atoms with Gasteiger partial charge in [0, 0.05) is 17.1 Å². The minimum absolute atomic E-state index is 0.103. The Kier molecular flexibility index (Phi) is 3.98. The maximum Gasteiger partial charge on any atom is 0.325 e. The van der Waals surface area contributed by atoms with E-state index in [1.165, 1.54) is 7.11 Å². The van der Waals surface area contributed by atoms with Crippen molar-refractivity contribution in [2.24, 2.45) is 5.73 Å². The zero-order valence-electron chi connectivity index (χ0n) is 9.96. The fourth-order valence-corrected chi connectivity index (χ4v) is 2.21. The summed E-state index contributed by atoms with van der Waals surface area (Å²) in [6, 6.07) is 3.99. The lowest BCUT2D eigenvalue weighted by atomic mass is 10.1. The van der Waals surface area contributed by atoms with Crippen molar-refractivity contribution in [1.29, 1.82) is 0 Å². The van der Waals surface area contributed by atoms with Crippen molar-refractivity contribution in [2.45, 2.75) is 12.1 Å². The van der Waals surface area contributed by atoms with Gasteiger partial charge in [-0.2, -0.15) is 11.8 Å². The van der Waals surface area contributed by atoms with Crippen LogP contribution in [0.2, 0.25) is 0 Å². The highest BCUT2D eigenvalue weighted by molar-refractivity contribution is 8.00. The van der Waals surface area contributed by atoms with E-state index in [-0.39, 0.29) is 6.10 Å². The van der Waals surface area contributed by atoms with E-state index in [0.717, 1.165) is 11.5 Å². The van der Waals surface area contributed by atoms with Crippen LogP contribution in [0.5, 0.6) is 11.5 Å². The molecule has 1 heterocycles. The molecule has 0 amide bonds. The van der Waals surface area contributed by atoms with E-state index < -0.39 is 12.0 Å². The van der Waals surface area contributed by atoms with Gasteiger partial charge in [0.05, 0.1) is 7.11 Å². The molecule has 1 atom stereocenters. The van der Waals surface area contributed by atoms with Crippen molar-refractivity contribution >= 4 is 17.7 Å². The molecule has 5 nitrogen and oxygen atoms in total. The molecule has 0 bridgehead atoms. The van der Waals surface area contributed by atoms with Gasteiger partial charge in [-0.3, -0.25) is 4.79 Å². The second-order valence-corrected chi connectivity index (χ2v) is 5.05. The first-order valence-electron chi connectivity index (χ1n) is 5.53. The van der Waals surface area contributed by atoms with E-state index >= 15 is 0 Å². The summed E-state index contributed by atoms with van der Waals surface area (Å²) in [4.78, 5) is 11.0. The molecular weight excluding hydrogens is 254 g/mol. The molecule has 1 aromatic rings. The Morgan fingerprint density at radius 3 is 2.78 bits per heavy atom. The molecule has 2 rings (SSSR count). The summed E-state index contributed by atoms with van der Waals surface area (Å²) in [6.45, 7) is 0. The van der Waals surface area contributed by atoms with Gasteiger partial charge in [0.1, 0.15) is 12.1 Å². The number of carbonyl (C=O) groups is 1. The van der Waals surface area contributed by atoms with Gasteiger partial charge in [-0.05, 0) is 6.07 Å². The number of carboxylic acid groups (broad SMARTS) is 1. The third-order valence-corrected chi connectivity index (χ3v) is 3.94. The van der Waals surface area contributed by atoms with Crippen molar-refractivity contribution in [2.75, 3.05) is 18.6 Å². The summed E-state index contributed by atoms with van der Waals surface area (Å²) in [5, 5.41) is 9.00. The highest BCUT2D eigenvalue weighted by Gasteiger charge is 2.26. The van der Waals surface area contributed by atoms with Gasteiger partial charge in [0.2, 0.25) is 0 Å². The van der Waals surface area contributed by atoms with Crippen LogP contribution in [-0.2, 0) is 4.79 Å². The molecule has 18 heavy (non-hydrogen) atoms. The molecule has 0 aliphatic carbocycles. The Balaban J connectivity index is 2.33. The molecular formula is C12H15NO4S. The third kappa shape index (κ3) is 2.54. The number of methoxy groups -OCH3 is 1. The molecule has 1 saturated heterocycles. The fraction of sp³-hybridized carbons (Fsp3) is 0.417. The molecule has 1 unspecified atom stereocenters. The molecule has 3 N–H and O–H groups in total. The Labute approximate surface area is 109 Å². The monoisotopic (exact) mass is 269 g/mol. The maximum absolute atomic E-state index is 11.0. The zero-order chi connectivity index (χ0) is 13.1. The first-order chi connectivity index (χ1) is 8.63. The lowest BCUT2D eigenvalue weighted by Gasteiger charge is -2.28. The van der Waals surface area contributed by atoms with Gasteiger partial charge in [0.25, 0.3) is 0 Å². The van der Waals surface area contributed by atoms with Crippen molar-refractivity contribution in [3.05, 3.63) is 23.8 Å². The minimum Gasteiger partial charge on any atom is -0.493 e. The minimum atomic E-state index is -1.11. The number of hydrogen-bond donors (Lipinski definition) is 2. The number of thioether (sulfide) groups is 1. The Hall–Kier alpha value is -1.40. The van der Waals surface area contributed by atoms with Crippen molar-refractivity contribution in [3.8, 4) is 11.5 Å².